The van der Waals surface area contributed by atoms with E-state index in [4.69, 9.17) is 9.47 Å². The molecular formula is C30H46N2O6S2. The normalized spacial score (nSPS) is 16.2. The van der Waals surface area contributed by atoms with Crippen LogP contribution in [0.15, 0.2) is 46.2 Å². The molecule has 0 saturated carbocycles. The van der Waals surface area contributed by atoms with Crippen molar-refractivity contribution in [2.24, 2.45) is 0 Å². The zero-order valence-electron chi connectivity index (χ0n) is 25.3. The Labute approximate surface area is 241 Å². The Bertz CT molecular complexity index is 1270. The lowest BCUT2D eigenvalue weighted by atomic mass is 9.87. The van der Waals surface area contributed by atoms with Crippen LogP contribution in [0.2, 0.25) is 0 Å². The SMILES string of the molecule is CCCOc1ccc(C(C)(C)C)cc1S(=O)(=O)N1CCN(S(=O)(=O)c2cc(C(C)(C)C)ccc2OCCC)CC1. The first-order valence-corrected chi connectivity index (χ1v) is 17.0. The molecule has 0 atom stereocenters. The molecule has 1 saturated heterocycles. The number of hydrogen-bond acceptors (Lipinski definition) is 6. The molecule has 1 fully saturated rings. The lowest BCUT2D eigenvalue weighted by Gasteiger charge is -2.34. The van der Waals surface area contributed by atoms with Crippen molar-refractivity contribution >= 4 is 20.0 Å². The summed E-state index contributed by atoms with van der Waals surface area (Å²) in [6, 6.07) is 10.6. The van der Waals surface area contributed by atoms with Gasteiger partial charge in [-0.15, -0.1) is 0 Å². The minimum atomic E-state index is -3.92. The summed E-state index contributed by atoms with van der Waals surface area (Å²) in [5, 5.41) is 0. The molecule has 8 nitrogen and oxygen atoms in total. The van der Waals surface area contributed by atoms with Crippen molar-refractivity contribution in [3.63, 3.8) is 0 Å². The van der Waals surface area contributed by atoms with Crippen molar-refractivity contribution in [1.82, 2.24) is 8.61 Å². The zero-order valence-corrected chi connectivity index (χ0v) is 26.9. The van der Waals surface area contributed by atoms with Crippen LogP contribution in [0.3, 0.4) is 0 Å². The van der Waals surface area contributed by atoms with Crippen molar-refractivity contribution in [2.45, 2.75) is 88.9 Å². The fraction of sp³-hybridized carbons (Fsp3) is 0.600. The monoisotopic (exact) mass is 594 g/mol. The molecule has 0 unspecified atom stereocenters. The van der Waals surface area contributed by atoms with Gasteiger partial charge in [0.2, 0.25) is 20.0 Å². The molecule has 40 heavy (non-hydrogen) atoms. The van der Waals surface area contributed by atoms with Crippen LogP contribution in [-0.2, 0) is 30.9 Å². The van der Waals surface area contributed by atoms with Crippen molar-refractivity contribution in [2.75, 3.05) is 39.4 Å². The number of benzene rings is 2. The molecule has 224 valence electrons. The van der Waals surface area contributed by atoms with E-state index >= 15 is 0 Å². The standard InChI is InChI=1S/C30H46N2O6S2/c1-9-19-37-25-13-11-23(29(3,4)5)21-27(25)39(33,34)31-15-17-32(18-16-31)40(35,36)28-22-24(30(6,7)8)12-14-26(28)38-20-10-2/h11-14,21-22H,9-10,15-20H2,1-8H3. The Kier molecular flexibility index (Phi) is 10.0. The lowest BCUT2D eigenvalue weighted by Crippen LogP contribution is -2.50. The molecule has 1 aliphatic rings. The van der Waals surface area contributed by atoms with Gasteiger partial charge in [0.1, 0.15) is 21.3 Å². The van der Waals surface area contributed by atoms with Gasteiger partial charge < -0.3 is 9.47 Å². The topological polar surface area (TPSA) is 93.2 Å². The predicted octanol–water partition coefficient (Wildman–Crippen LogP) is 5.55. The molecule has 0 bridgehead atoms. The second kappa shape index (κ2) is 12.4. The van der Waals surface area contributed by atoms with Gasteiger partial charge in [-0.25, -0.2) is 16.8 Å². The molecule has 0 aromatic heterocycles. The average Bonchev–Trinajstić information content (AvgIpc) is 2.89. The molecular weight excluding hydrogens is 548 g/mol. The van der Waals surface area contributed by atoms with Crippen LogP contribution in [-0.4, -0.2) is 64.8 Å². The highest BCUT2D eigenvalue weighted by molar-refractivity contribution is 7.89. The van der Waals surface area contributed by atoms with E-state index < -0.39 is 20.0 Å². The van der Waals surface area contributed by atoms with Crippen molar-refractivity contribution in [3.05, 3.63) is 47.5 Å². The number of sulfonamides is 2. The van der Waals surface area contributed by atoms with E-state index in [-0.39, 0.29) is 46.8 Å². The third-order valence-electron chi connectivity index (χ3n) is 6.98. The first-order valence-electron chi connectivity index (χ1n) is 14.1. The molecule has 0 N–H and O–H groups in total. The lowest BCUT2D eigenvalue weighted by molar-refractivity contribution is 0.267. The highest BCUT2D eigenvalue weighted by Crippen LogP contribution is 2.35. The highest BCUT2D eigenvalue weighted by atomic mass is 32.2. The van der Waals surface area contributed by atoms with Gasteiger partial charge in [-0.2, -0.15) is 8.61 Å². The number of piperazine rings is 1. The van der Waals surface area contributed by atoms with Crippen LogP contribution < -0.4 is 9.47 Å². The second-order valence-corrected chi connectivity index (χ2v) is 16.1. The van der Waals surface area contributed by atoms with Crippen LogP contribution in [0.25, 0.3) is 0 Å². The Morgan fingerprint density at radius 1 is 0.625 bits per heavy atom. The van der Waals surface area contributed by atoms with Gasteiger partial charge in [-0.1, -0.05) is 67.5 Å². The maximum Gasteiger partial charge on any atom is 0.246 e. The Hall–Kier alpha value is -2.14. The average molecular weight is 595 g/mol. The predicted molar refractivity (Wildman–Crippen MR) is 159 cm³/mol. The molecule has 2 aromatic carbocycles. The first-order chi connectivity index (χ1) is 18.5. The largest absolute Gasteiger partial charge is 0.492 e. The Balaban J connectivity index is 1.91. The second-order valence-electron chi connectivity index (χ2n) is 12.3. The summed E-state index contributed by atoms with van der Waals surface area (Å²) in [6.45, 7) is 17.1. The maximum atomic E-state index is 13.9. The first kappa shape index (κ1) is 32.4. The summed E-state index contributed by atoms with van der Waals surface area (Å²) in [4.78, 5) is 0.246. The van der Waals surface area contributed by atoms with E-state index in [1.807, 2.05) is 67.5 Å². The van der Waals surface area contributed by atoms with E-state index in [9.17, 15) is 16.8 Å². The molecule has 0 aliphatic carbocycles. The Morgan fingerprint density at radius 3 is 1.23 bits per heavy atom. The van der Waals surface area contributed by atoms with Gasteiger partial charge in [-0.05, 0) is 59.1 Å². The summed E-state index contributed by atoms with van der Waals surface area (Å²) in [7, 11) is -7.85. The fourth-order valence-electron chi connectivity index (χ4n) is 4.44. The van der Waals surface area contributed by atoms with E-state index in [0.717, 1.165) is 24.0 Å². The quantitative estimate of drug-likeness (QED) is 0.358. The summed E-state index contributed by atoms with van der Waals surface area (Å²) >= 11 is 0. The minimum absolute atomic E-state index is 0.0403. The molecule has 0 amide bonds. The van der Waals surface area contributed by atoms with Gasteiger partial charge in [0.05, 0.1) is 13.2 Å². The van der Waals surface area contributed by atoms with Crippen molar-refractivity contribution in [1.29, 1.82) is 0 Å². The molecule has 2 aromatic rings. The smallest absolute Gasteiger partial charge is 0.246 e. The van der Waals surface area contributed by atoms with Crippen molar-refractivity contribution < 1.29 is 26.3 Å². The summed E-state index contributed by atoms with van der Waals surface area (Å²) in [5.41, 5.74) is 1.27. The maximum absolute atomic E-state index is 13.9. The number of nitrogens with zero attached hydrogens (tertiary/aromatic N) is 2. The van der Waals surface area contributed by atoms with E-state index in [1.54, 1.807) is 24.3 Å². The van der Waals surface area contributed by atoms with Gasteiger partial charge in [0, 0.05) is 26.2 Å². The van der Waals surface area contributed by atoms with Crippen molar-refractivity contribution in [3.8, 4) is 11.5 Å². The Morgan fingerprint density at radius 2 is 0.950 bits per heavy atom. The third-order valence-corrected chi connectivity index (χ3v) is 10.8. The van der Waals surface area contributed by atoms with E-state index in [1.165, 1.54) is 8.61 Å². The van der Waals surface area contributed by atoms with Gasteiger partial charge in [-0.3, -0.25) is 0 Å². The molecule has 3 rings (SSSR count). The number of rotatable bonds is 10. The highest BCUT2D eigenvalue weighted by Gasteiger charge is 2.37. The van der Waals surface area contributed by atoms with Crippen LogP contribution in [0.5, 0.6) is 11.5 Å². The molecule has 1 heterocycles. The minimum Gasteiger partial charge on any atom is -0.492 e. The van der Waals surface area contributed by atoms with Crippen LogP contribution in [0, 0.1) is 0 Å². The van der Waals surface area contributed by atoms with Gasteiger partial charge >= 0.3 is 0 Å². The molecule has 1 aliphatic heterocycles. The summed E-state index contributed by atoms with van der Waals surface area (Å²) in [5.74, 6) is 0.642. The van der Waals surface area contributed by atoms with Crippen LogP contribution >= 0.6 is 0 Å². The molecule has 0 spiro atoms. The molecule has 10 heteroatoms. The fourth-order valence-corrected chi connectivity index (χ4v) is 7.60. The summed E-state index contributed by atoms with van der Waals surface area (Å²) in [6.07, 6.45) is 1.49. The van der Waals surface area contributed by atoms with Crippen LogP contribution in [0.1, 0.15) is 79.4 Å². The molecule has 0 radical (unpaired) electrons. The van der Waals surface area contributed by atoms with Gasteiger partial charge in [0.25, 0.3) is 0 Å². The summed E-state index contributed by atoms with van der Waals surface area (Å²) < 4.78 is 69.8. The van der Waals surface area contributed by atoms with E-state index in [0.29, 0.717) is 24.7 Å². The van der Waals surface area contributed by atoms with E-state index in [2.05, 4.69) is 0 Å². The van der Waals surface area contributed by atoms with Crippen LogP contribution in [0.4, 0.5) is 0 Å². The number of hydrogen-bond donors (Lipinski definition) is 0. The third kappa shape index (κ3) is 7.19. The number of ether oxygens (including phenoxy) is 2. The zero-order chi connectivity index (χ0) is 29.9. The van der Waals surface area contributed by atoms with Gasteiger partial charge in [0.15, 0.2) is 0 Å².